The largest absolute Gasteiger partial charge is 0.462 e. The van der Waals surface area contributed by atoms with Gasteiger partial charge in [0, 0.05) is 19.4 Å². The molecular formula is C65H106O5. The van der Waals surface area contributed by atoms with Crippen LogP contribution in [0, 0.1) is 0 Å². The molecule has 5 heteroatoms. The minimum absolute atomic E-state index is 0.0392. The van der Waals surface area contributed by atoms with Crippen LogP contribution in [0.15, 0.2) is 134 Å². The Balaban J connectivity index is 4.43. The van der Waals surface area contributed by atoms with E-state index in [-0.39, 0.29) is 25.2 Å². The molecule has 1 unspecified atom stereocenters. The predicted octanol–water partition coefficient (Wildman–Crippen LogP) is 19.9. The van der Waals surface area contributed by atoms with E-state index < -0.39 is 6.10 Å². The molecular weight excluding hydrogens is 861 g/mol. The average Bonchev–Trinajstić information content (AvgIpc) is 3.36. The molecule has 0 aromatic carbocycles. The molecule has 0 aliphatic rings. The van der Waals surface area contributed by atoms with Crippen molar-refractivity contribution in [3.63, 3.8) is 0 Å². The fourth-order valence-corrected chi connectivity index (χ4v) is 7.45. The van der Waals surface area contributed by atoms with E-state index in [4.69, 9.17) is 14.2 Å². The minimum Gasteiger partial charge on any atom is -0.462 e. The van der Waals surface area contributed by atoms with Gasteiger partial charge in [0.05, 0.1) is 6.61 Å². The molecule has 0 saturated heterocycles. The highest BCUT2D eigenvalue weighted by atomic mass is 16.6. The Morgan fingerprint density at radius 3 is 1.07 bits per heavy atom. The van der Waals surface area contributed by atoms with Gasteiger partial charge in [-0.15, -0.1) is 0 Å². The van der Waals surface area contributed by atoms with E-state index in [1.54, 1.807) is 0 Å². The summed E-state index contributed by atoms with van der Waals surface area (Å²) in [5, 5.41) is 0. The first-order valence-electron chi connectivity index (χ1n) is 28.7. The third-order valence-corrected chi connectivity index (χ3v) is 11.7. The molecule has 0 aliphatic carbocycles. The van der Waals surface area contributed by atoms with Crippen LogP contribution >= 0.6 is 0 Å². The van der Waals surface area contributed by atoms with E-state index in [2.05, 4.69) is 154 Å². The lowest BCUT2D eigenvalue weighted by molar-refractivity contribution is -0.163. The zero-order valence-corrected chi connectivity index (χ0v) is 45.5. The highest BCUT2D eigenvalue weighted by Crippen LogP contribution is 2.13. The predicted molar refractivity (Wildman–Crippen MR) is 306 cm³/mol. The number of rotatable bonds is 51. The van der Waals surface area contributed by atoms with Crippen molar-refractivity contribution in [2.45, 2.75) is 245 Å². The van der Waals surface area contributed by atoms with Gasteiger partial charge in [-0.25, -0.2) is 0 Å². The normalized spacial score (nSPS) is 13.2. The molecule has 0 rings (SSSR count). The summed E-state index contributed by atoms with van der Waals surface area (Å²) in [6.45, 7) is 7.48. The van der Waals surface area contributed by atoms with Crippen LogP contribution in [0.3, 0.4) is 0 Å². The van der Waals surface area contributed by atoms with Gasteiger partial charge in [-0.1, -0.05) is 231 Å². The standard InChI is InChI=1S/C65H106O5/c1-4-7-10-13-16-19-22-25-28-31-32-33-36-39-42-45-48-51-54-57-60-68-61-63(70-65(67)59-56-53-50-47-44-41-38-35-30-27-24-21-18-15-12-9-6-3)62-69-64(66)58-55-52-49-46-43-40-37-34-29-26-23-20-17-14-11-8-5-2/h8-9,11-12,16-21,25-30,32-33,37,40,46,49,63H,4-7,10,13-15,22-24,31,34-36,38-39,41-45,47-48,50-62H2,1-3H3/b11-8-,12-9-,19-16-,20-17-,21-18-,28-25-,29-26-,30-27-,33-32-,40-37-,49-46-. The first kappa shape index (κ1) is 66.0. The summed E-state index contributed by atoms with van der Waals surface area (Å²) >= 11 is 0. The zero-order valence-electron chi connectivity index (χ0n) is 45.5. The topological polar surface area (TPSA) is 61.8 Å². The molecule has 0 fully saturated rings. The number of hydrogen-bond acceptors (Lipinski definition) is 5. The van der Waals surface area contributed by atoms with Gasteiger partial charge in [-0.05, 0) is 128 Å². The maximum atomic E-state index is 12.9. The third-order valence-electron chi connectivity index (χ3n) is 11.7. The summed E-state index contributed by atoms with van der Waals surface area (Å²) in [4.78, 5) is 25.5. The van der Waals surface area contributed by atoms with Crippen LogP contribution in [0.1, 0.15) is 239 Å². The molecule has 0 radical (unpaired) electrons. The lowest BCUT2D eigenvalue weighted by Gasteiger charge is -2.18. The Kier molecular flexibility index (Phi) is 56.0. The summed E-state index contributed by atoms with van der Waals surface area (Å²) in [5.41, 5.74) is 0. The maximum absolute atomic E-state index is 12.9. The van der Waals surface area contributed by atoms with Crippen LogP contribution < -0.4 is 0 Å². The van der Waals surface area contributed by atoms with Crippen molar-refractivity contribution in [2.75, 3.05) is 19.8 Å². The Hall–Kier alpha value is -3.96. The SMILES string of the molecule is CC/C=C\C/C=C\C/C=C\C/C=C\C/C=C\CCCC(=O)OCC(COCCCCCCCCC/C=C\C/C=C\C/C=C\CCCCC)OC(=O)CCCCCCCCC/C=C\C/C=C\C/C=C\CC. The lowest BCUT2D eigenvalue weighted by Crippen LogP contribution is -2.30. The molecule has 0 amide bonds. The fourth-order valence-electron chi connectivity index (χ4n) is 7.45. The van der Waals surface area contributed by atoms with E-state index >= 15 is 0 Å². The zero-order chi connectivity index (χ0) is 50.6. The van der Waals surface area contributed by atoms with Gasteiger partial charge in [0.1, 0.15) is 6.61 Å². The second-order valence-electron chi connectivity index (χ2n) is 18.4. The van der Waals surface area contributed by atoms with Crippen LogP contribution in [0.25, 0.3) is 0 Å². The van der Waals surface area contributed by atoms with Crippen molar-refractivity contribution in [1.82, 2.24) is 0 Å². The Morgan fingerprint density at radius 1 is 0.329 bits per heavy atom. The number of carbonyl (C=O) groups excluding carboxylic acids is 2. The van der Waals surface area contributed by atoms with Crippen molar-refractivity contribution in [2.24, 2.45) is 0 Å². The number of hydrogen-bond donors (Lipinski definition) is 0. The number of esters is 2. The van der Waals surface area contributed by atoms with Gasteiger partial charge in [-0.2, -0.15) is 0 Å². The average molecular weight is 968 g/mol. The van der Waals surface area contributed by atoms with Gasteiger partial charge in [0.15, 0.2) is 6.10 Å². The smallest absolute Gasteiger partial charge is 0.306 e. The molecule has 0 saturated carbocycles. The summed E-state index contributed by atoms with van der Waals surface area (Å²) in [5.74, 6) is -0.487. The molecule has 5 nitrogen and oxygen atoms in total. The molecule has 0 heterocycles. The molecule has 0 aromatic rings. The molecule has 0 bridgehead atoms. The Labute approximate surface area is 432 Å². The molecule has 0 aliphatic heterocycles. The van der Waals surface area contributed by atoms with E-state index in [1.807, 2.05) is 0 Å². The van der Waals surface area contributed by atoms with E-state index in [1.165, 1.54) is 89.9 Å². The number of ether oxygens (including phenoxy) is 3. The van der Waals surface area contributed by atoms with Crippen LogP contribution in [-0.2, 0) is 23.8 Å². The van der Waals surface area contributed by atoms with Crippen LogP contribution in [0.2, 0.25) is 0 Å². The van der Waals surface area contributed by atoms with Gasteiger partial charge >= 0.3 is 11.9 Å². The highest BCUT2D eigenvalue weighted by Gasteiger charge is 2.17. The minimum atomic E-state index is -0.581. The second kappa shape index (κ2) is 59.3. The molecule has 1 atom stereocenters. The summed E-state index contributed by atoms with van der Waals surface area (Å²) in [6, 6.07) is 0. The van der Waals surface area contributed by atoms with Crippen molar-refractivity contribution in [3.05, 3.63) is 134 Å². The Morgan fingerprint density at radius 2 is 0.657 bits per heavy atom. The van der Waals surface area contributed by atoms with Crippen molar-refractivity contribution < 1.29 is 23.8 Å². The second-order valence-corrected chi connectivity index (χ2v) is 18.4. The quantitative estimate of drug-likeness (QED) is 0.0345. The number of unbranched alkanes of at least 4 members (excludes halogenated alkanes) is 18. The number of carbonyl (C=O) groups is 2. The van der Waals surface area contributed by atoms with E-state index in [0.29, 0.717) is 19.4 Å². The van der Waals surface area contributed by atoms with Crippen molar-refractivity contribution in [3.8, 4) is 0 Å². The van der Waals surface area contributed by atoms with Crippen LogP contribution in [0.5, 0.6) is 0 Å². The highest BCUT2D eigenvalue weighted by molar-refractivity contribution is 5.70. The molecule has 0 spiro atoms. The molecule has 70 heavy (non-hydrogen) atoms. The van der Waals surface area contributed by atoms with Crippen molar-refractivity contribution >= 4 is 11.9 Å². The molecule has 0 aromatic heterocycles. The summed E-state index contributed by atoms with van der Waals surface area (Å²) in [6.07, 6.45) is 84.7. The van der Waals surface area contributed by atoms with Gasteiger partial charge in [0.2, 0.25) is 0 Å². The van der Waals surface area contributed by atoms with E-state index in [0.717, 1.165) is 116 Å². The maximum Gasteiger partial charge on any atom is 0.306 e. The fraction of sp³-hybridized carbons (Fsp3) is 0.631. The van der Waals surface area contributed by atoms with E-state index in [9.17, 15) is 9.59 Å². The monoisotopic (exact) mass is 967 g/mol. The summed E-state index contributed by atoms with van der Waals surface area (Å²) in [7, 11) is 0. The lowest BCUT2D eigenvalue weighted by atomic mass is 10.1. The Bertz CT molecular complexity index is 1470. The number of allylic oxidation sites excluding steroid dienone is 22. The van der Waals surface area contributed by atoms with Gasteiger partial charge in [-0.3, -0.25) is 9.59 Å². The first-order chi connectivity index (χ1) is 34.6. The first-order valence-corrected chi connectivity index (χ1v) is 28.7. The van der Waals surface area contributed by atoms with Crippen LogP contribution in [-0.4, -0.2) is 37.9 Å². The summed E-state index contributed by atoms with van der Waals surface area (Å²) < 4.78 is 17.4. The van der Waals surface area contributed by atoms with Crippen molar-refractivity contribution in [1.29, 1.82) is 0 Å². The molecule has 0 N–H and O–H groups in total. The van der Waals surface area contributed by atoms with Gasteiger partial charge in [0.25, 0.3) is 0 Å². The molecule has 396 valence electrons. The van der Waals surface area contributed by atoms with Gasteiger partial charge < -0.3 is 14.2 Å². The third kappa shape index (κ3) is 56.6. The van der Waals surface area contributed by atoms with Crippen LogP contribution in [0.4, 0.5) is 0 Å².